The second kappa shape index (κ2) is 4.49. The number of nitrogens with one attached hydrogen (secondary N) is 1. The smallest absolute Gasteiger partial charge is 0.148 e. The molecule has 0 amide bonds. The average Bonchev–Trinajstić information content (AvgIpc) is 2.63. The standard InChI is InChI=1S/C11H12FN3S/c1-7-6-16-11(15-7)5-14-10-3-2-8(13)4-9(10)12/h2-4,6,14H,5,13H2,1H3. The van der Waals surface area contributed by atoms with Crippen molar-refractivity contribution in [3.63, 3.8) is 0 Å². The summed E-state index contributed by atoms with van der Waals surface area (Å²) in [7, 11) is 0. The molecule has 2 rings (SSSR count). The molecule has 3 nitrogen and oxygen atoms in total. The van der Waals surface area contributed by atoms with Crippen molar-refractivity contribution in [2.45, 2.75) is 13.5 Å². The third kappa shape index (κ3) is 2.49. The molecule has 2 aromatic rings. The Morgan fingerprint density at radius 1 is 1.50 bits per heavy atom. The van der Waals surface area contributed by atoms with Gasteiger partial charge in [-0.3, -0.25) is 0 Å². The minimum absolute atomic E-state index is 0.340. The van der Waals surface area contributed by atoms with E-state index >= 15 is 0 Å². The molecule has 0 spiro atoms. The van der Waals surface area contributed by atoms with Gasteiger partial charge >= 0.3 is 0 Å². The number of nitrogen functional groups attached to an aromatic ring is 1. The first kappa shape index (κ1) is 10.9. The Morgan fingerprint density at radius 3 is 2.94 bits per heavy atom. The number of thiazole rings is 1. The number of aromatic nitrogens is 1. The molecule has 0 aliphatic carbocycles. The number of nitrogens with zero attached hydrogens (tertiary/aromatic N) is 1. The number of benzene rings is 1. The van der Waals surface area contributed by atoms with Crippen LogP contribution < -0.4 is 11.1 Å². The second-order valence-corrected chi connectivity index (χ2v) is 4.42. The molecule has 16 heavy (non-hydrogen) atoms. The van der Waals surface area contributed by atoms with Gasteiger partial charge in [-0.15, -0.1) is 11.3 Å². The molecule has 0 atom stereocenters. The third-order valence-corrected chi connectivity index (χ3v) is 3.06. The van der Waals surface area contributed by atoms with Gasteiger partial charge in [0.25, 0.3) is 0 Å². The van der Waals surface area contributed by atoms with Crippen LogP contribution in [0.4, 0.5) is 15.8 Å². The molecule has 1 aromatic heterocycles. The Morgan fingerprint density at radius 2 is 2.31 bits per heavy atom. The zero-order chi connectivity index (χ0) is 11.5. The van der Waals surface area contributed by atoms with Gasteiger partial charge in [0, 0.05) is 16.8 Å². The molecule has 1 heterocycles. The number of nitrogens with two attached hydrogens (primary N) is 1. The SMILES string of the molecule is Cc1csc(CNc2ccc(N)cc2F)n1. The number of rotatable bonds is 3. The first-order valence-electron chi connectivity index (χ1n) is 4.85. The Balaban J connectivity index is 2.04. The van der Waals surface area contributed by atoms with E-state index in [0.29, 0.717) is 17.9 Å². The molecule has 84 valence electrons. The van der Waals surface area contributed by atoms with E-state index in [1.54, 1.807) is 23.5 Å². The molecule has 0 aliphatic rings. The summed E-state index contributed by atoms with van der Waals surface area (Å²) in [6, 6.07) is 4.60. The van der Waals surface area contributed by atoms with Crippen LogP contribution in [0.5, 0.6) is 0 Å². The van der Waals surface area contributed by atoms with Crippen LogP contribution in [0.15, 0.2) is 23.6 Å². The number of halogens is 1. The quantitative estimate of drug-likeness (QED) is 0.807. The first-order chi connectivity index (χ1) is 7.65. The molecule has 0 bridgehead atoms. The highest BCUT2D eigenvalue weighted by Crippen LogP contribution is 2.18. The van der Waals surface area contributed by atoms with E-state index in [0.717, 1.165) is 10.7 Å². The van der Waals surface area contributed by atoms with E-state index in [9.17, 15) is 4.39 Å². The molecular formula is C11H12FN3S. The highest BCUT2D eigenvalue weighted by atomic mass is 32.1. The number of anilines is 2. The fourth-order valence-electron chi connectivity index (χ4n) is 1.33. The van der Waals surface area contributed by atoms with Crippen molar-refractivity contribution in [3.8, 4) is 0 Å². The molecule has 0 aliphatic heterocycles. The van der Waals surface area contributed by atoms with Gasteiger partial charge in [-0.25, -0.2) is 9.37 Å². The lowest BCUT2D eigenvalue weighted by Crippen LogP contribution is -2.01. The maximum absolute atomic E-state index is 13.4. The minimum Gasteiger partial charge on any atom is -0.399 e. The molecule has 0 unspecified atom stereocenters. The molecule has 0 fully saturated rings. The van der Waals surface area contributed by atoms with Crippen LogP contribution in [0.25, 0.3) is 0 Å². The van der Waals surface area contributed by atoms with Crippen LogP contribution >= 0.6 is 11.3 Å². The van der Waals surface area contributed by atoms with Gasteiger partial charge in [-0.05, 0) is 25.1 Å². The number of hydrogen-bond acceptors (Lipinski definition) is 4. The van der Waals surface area contributed by atoms with Crippen molar-refractivity contribution >= 4 is 22.7 Å². The van der Waals surface area contributed by atoms with Gasteiger partial charge < -0.3 is 11.1 Å². The Bertz CT molecular complexity index is 496. The maximum atomic E-state index is 13.4. The summed E-state index contributed by atoms with van der Waals surface area (Å²) in [5.74, 6) is -0.340. The third-order valence-electron chi connectivity index (χ3n) is 2.09. The van der Waals surface area contributed by atoms with Crippen molar-refractivity contribution in [3.05, 3.63) is 40.1 Å². The van der Waals surface area contributed by atoms with Gasteiger partial charge in [-0.2, -0.15) is 0 Å². The van der Waals surface area contributed by atoms with E-state index in [1.165, 1.54) is 6.07 Å². The zero-order valence-electron chi connectivity index (χ0n) is 8.83. The molecule has 0 radical (unpaired) electrons. The topological polar surface area (TPSA) is 50.9 Å². The Labute approximate surface area is 97.1 Å². The lowest BCUT2D eigenvalue weighted by molar-refractivity contribution is 0.631. The maximum Gasteiger partial charge on any atom is 0.148 e. The van der Waals surface area contributed by atoms with Crippen molar-refractivity contribution in [2.75, 3.05) is 11.1 Å². The molecule has 0 saturated carbocycles. The van der Waals surface area contributed by atoms with Crippen LogP contribution in [-0.2, 0) is 6.54 Å². The van der Waals surface area contributed by atoms with E-state index in [-0.39, 0.29) is 5.82 Å². The molecule has 1 aromatic carbocycles. The largest absolute Gasteiger partial charge is 0.399 e. The summed E-state index contributed by atoms with van der Waals surface area (Å²) in [6.07, 6.45) is 0. The van der Waals surface area contributed by atoms with E-state index in [1.807, 2.05) is 12.3 Å². The second-order valence-electron chi connectivity index (χ2n) is 3.48. The average molecular weight is 237 g/mol. The van der Waals surface area contributed by atoms with Crippen LogP contribution in [0.2, 0.25) is 0 Å². The highest BCUT2D eigenvalue weighted by Gasteiger charge is 2.03. The van der Waals surface area contributed by atoms with Crippen molar-refractivity contribution in [1.82, 2.24) is 4.98 Å². The van der Waals surface area contributed by atoms with E-state index in [4.69, 9.17) is 5.73 Å². The van der Waals surface area contributed by atoms with Crippen LogP contribution in [-0.4, -0.2) is 4.98 Å². The fraction of sp³-hybridized carbons (Fsp3) is 0.182. The summed E-state index contributed by atoms with van der Waals surface area (Å²) >= 11 is 1.56. The summed E-state index contributed by atoms with van der Waals surface area (Å²) in [5, 5.41) is 5.89. The lowest BCUT2D eigenvalue weighted by Gasteiger charge is -2.05. The van der Waals surface area contributed by atoms with Crippen LogP contribution in [0.1, 0.15) is 10.7 Å². The fourth-order valence-corrected chi connectivity index (χ4v) is 2.04. The van der Waals surface area contributed by atoms with Gasteiger partial charge in [0.15, 0.2) is 0 Å². The van der Waals surface area contributed by atoms with Gasteiger partial charge in [0.05, 0.1) is 12.2 Å². The van der Waals surface area contributed by atoms with Crippen LogP contribution in [0, 0.1) is 12.7 Å². The van der Waals surface area contributed by atoms with Crippen molar-refractivity contribution in [1.29, 1.82) is 0 Å². The summed E-state index contributed by atoms with van der Waals surface area (Å²) in [5.41, 5.74) is 7.32. The molecular weight excluding hydrogens is 225 g/mol. The number of aryl methyl sites for hydroxylation is 1. The van der Waals surface area contributed by atoms with Gasteiger partial charge in [0.2, 0.25) is 0 Å². The predicted molar refractivity (Wildman–Crippen MR) is 65.0 cm³/mol. The lowest BCUT2D eigenvalue weighted by atomic mass is 10.2. The molecule has 0 saturated heterocycles. The van der Waals surface area contributed by atoms with Gasteiger partial charge in [-0.1, -0.05) is 0 Å². The highest BCUT2D eigenvalue weighted by molar-refractivity contribution is 7.09. The normalized spacial score (nSPS) is 10.4. The van der Waals surface area contributed by atoms with Crippen LogP contribution in [0.3, 0.4) is 0 Å². The molecule has 5 heteroatoms. The summed E-state index contributed by atoms with van der Waals surface area (Å²) < 4.78 is 13.4. The predicted octanol–water partition coefficient (Wildman–Crippen LogP) is 2.78. The van der Waals surface area contributed by atoms with Crippen molar-refractivity contribution in [2.24, 2.45) is 0 Å². The van der Waals surface area contributed by atoms with Crippen molar-refractivity contribution < 1.29 is 4.39 Å². The monoisotopic (exact) mass is 237 g/mol. The summed E-state index contributed by atoms with van der Waals surface area (Å²) in [4.78, 5) is 4.28. The Hall–Kier alpha value is -1.62. The van der Waals surface area contributed by atoms with E-state index in [2.05, 4.69) is 10.3 Å². The van der Waals surface area contributed by atoms with E-state index < -0.39 is 0 Å². The van der Waals surface area contributed by atoms with Gasteiger partial charge in [0.1, 0.15) is 10.8 Å². The Kier molecular flexibility index (Phi) is 3.05. The first-order valence-corrected chi connectivity index (χ1v) is 5.73. The number of hydrogen-bond donors (Lipinski definition) is 2. The molecule has 3 N–H and O–H groups in total. The summed E-state index contributed by atoms with van der Waals surface area (Å²) in [6.45, 7) is 2.46. The zero-order valence-corrected chi connectivity index (χ0v) is 9.64. The minimum atomic E-state index is -0.340.